The van der Waals surface area contributed by atoms with Crippen molar-refractivity contribution >= 4 is 38.0 Å². The monoisotopic (exact) mass is 403 g/mol. The van der Waals surface area contributed by atoms with E-state index >= 15 is 0 Å². The lowest BCUT2D eigenvalue weighted by molar-refractivity contribution is -0.106. The summed E-state index contributed by atoms with van der Waals surface area (Å²) in [4.78, 5) is 9.53. The van der Waals surface area contributed by atoms with E-state index in [1.807, 2.05) is 37.4 Å². The fourth-order valence-electron chi connectivity index (χ4n) is 2.98. The van der Waals surface area contributed by atoms with Crippen molar-refractivity contribution in [1.29, 1.82) is 0 Å². The second-order valence-electron chi connectivity index (χ2n) is 6.28. The second kappa shape index (κ2) is 12.7. The normalized spacial score (nSPS) is 12.5. The van der Waals surface area contributed by atoms with E-state index in [4.69, 9.17) is 22.7 Å². The van der Waals surface area contributed by atoms with Crippen LogP contribution in [0.2, 0.25) is 0 Å². The molecule has 2 aromatic rings. The highest BCUT2D eigenvalue weighted by Crippen LogP contribution is 2.28. The first kappa shape index (κ1) is 23.4. The van der Waals surface area contributed by atoms with Gasteiger partial charge in [0.25, 0.3) is 0 Å². The number of nitrogens with zero attached hydrogens (tertiary/aromatic N) is 1. The van der Waals surface area contributed by atoms with Gasteiger partial charge in [-0.3, -0.25) is 0 Å². The van der Waals surface area contributed by atoms with Crippen molar-refractivity contribution in [2.24, 2.45) is 11.7 Å². The van der Waals surface area contributed by atoms with Gasteiger partial charge in [-0.05, 0) is 36.7 Å². The van der Waals surface area contributed by atoms with Crippen molar-refractivity contribution in [3.05, 3.63) is 65.7 Å². The van der Waals surface area contributed by atoms with Crippen LogP contribution < -0.4 is 16.5 Å². The van der Waals surface area contributed by atoms with Gasteiger partial charge >= 0.3 is 0 Å². The van der Waals surface area contributed by atoms with Crippen molar-refractivity contribution in [2.75, 3.05) is 13.6 Å². The largest absolute Gasteiger partial charge is 0.330 e. The van der Waals surface area contributed by atoms with Gasteiger partial charge in [-0.1, -0.05) is 73.7 Å². The highest BCUT2D eigenvalue weighted by Gasteiger charge is 2.25. The van der Waals surface area contributed by atoms with E-state index < -0.39 is 0 Å². The van der Waals surface area contributed by atoms with Crippen LogP contribution in [-0.4, -0.2) is 29.9 Å². The highest BCUT2D eigenvalue weighted by atomic mass is 32.1. The Morgan fingerprint density at radius 1 is 1.22 bits per heavy atom. The maximum Gasteiger partial charge on any atom is 0.120 e. The predicted molar refractivity (Wildman–Crippen MR) is 122 cm³/mol. The molecular formula is C21H30N3OPS. The zero-order valence-corrected chi connectivity index (χ0v) is 18.2. The molecule has 0 heterocycles. The standard InChI is InChI=1S/C19H26N3PS.C2H4O/c1-14(12-13-20)18(16-10-6-7-11-17(16)23)22(2)21-19(24)15-8-4-3-5-9-15;1-2-3/h3-11,14,18H,12-13,20,23H2,1-2H3,(H,21,24);2H,1H3. The van der Waals surface area contributed by atoms with Crippen molar-refractivity contribution in [3.8, 4) is 0 Å². The number of carbonyl (C=O) groups excluding carboxylic acids is 1. The van der Waals surface area contributed by atoms with E-state index in [2.05, 4.69) is 50.9 Å². The van der Waals surface area contributed by atoms with Gasteiger partial charge in [-0.2, -0.15) is 0 Å². The summed E-state index contributed by atoms with van der Waals surface area (Å²) in [6.07, 6.45) is 1.70. The van der Waals surface area contributed by atoms with Crippen LogP contribution >= 0.6 is 21.5 Å². The first-order valence-electron chi connectivity index (χ1n) is 8.99. The Labute approximate surface area is 170 Å². The van der Waals surface area contributed by atoms with Gasteiger partial charge < -0.3 is 16.0 Å². The Balaban J connectivity index is 0.00000114. The van der Waals surface area contributed by atoms with Crippen LogP contribution in [0, 0.1) is 5.92 Å². The van der Waals surface area contributed by atoms with Crippen LogP contribution in [-0.2, 0) is 4.79 Å². The van der Waals surface area contributed by atoms with Crippen LogP contribution in [0.25, 0.3) is 0 Å². The number of aldehydes is 1. The average Bonchev–Trinajstić information content (AvgIpc) is 2.65. The SMILES string of the molecule is CC(CCN)C(c1ccccc1P)N(C)NC(=S)c1ccccc1.CC=O. The number of hydrogen-bond acceptors (Lipinski definition) is 4. The summed E-state index contributed by atoms with van der Waals surface area (Å²) < 4.78 is 0. The quantitative estimate of drug-likeness (QED) is 0.322. The van der Waals surface area contributed by atoms with Gasteiger partial charge in [0.2, 0.25) is 0 Å². The molecule has 27 heavy (non-hydrogen) atoms. The predicted octanol–water partition coefficient (Wildman–Crippen LogP) is 3.23. The van der Waals surface area contributed by atoms with Gasteiger partial charge in [0.15, 0.2) is 0 Å². The Morgan fingerprint density at radius 2 is 1.78 bits per heavy atom. The van der Waals surface area contributed by atoms with Gasteiger partial charge in [0.05, 0.1) is 6.04 Å². The van der Waals surface area contributed by atoms with Crippen molar-refractivity contribution in [2.45, 2.75) is 26.3 Å². The van der Waals surface area contributed by atoms with E-state index in [9.17, 15) is 0 Å². The Hall–Kier alpha value is -1.65. The minimum Gasteiger partial charge on any atom is -0.330 e. The maximum atomic E-state index is 8.81. The lowest BCUT2D eigenvalue weighted by atomic mass is 9.91. The smallest absolute Gasteiger partial charge is 0.120 e. The molecule has 0 fully saturated rings. The number of thiocarbonyl (C=S) groups is 1. The summed E-state index contributed by atoms with van der Waals surface area (Å²) in [7, 11) is 4.88. The minimum absolute atomic E-state index is 0.184. The number of hydrogen-bond donors (Lipinski definition) is 2. The molecule has 3 N–H and O–H groups in total. The molecule has 0 aliphatic rings. The number of benzene rings is 2. The van der Waals surface area contributed by atoms with Crippen molar-refractivity contribution < 1.29 is 4.79 Å². The summed E-state index contributed by atoms with van der Waals surface area (Å²) in [5.41, 5.74) is 11.5. The van der Waals surface area contributed by atoms with Crippen LogP contribution in [0.3, 0.4) is 0 Å². The third kappa shape index (κ3) is 7.47. The molecule has 3 atom stereocenters. The first-order chi connectivity index (χ1) is 13.0. The van der Waals surface area contributed by atoms with E-state index in [0.717, 1.165) is 23.3 Å². The number of rotatable bonds is 7. The summed E-state index contributed by atoms with van der Waals surface area (Å²) in [5.74, 6) is 0.396. The Morgan fingerprint density at radius 3 is 2.33 bits per heavy atom. The van der Waals surface area contributed by atoms with Crippen LogP contribution in [0.4, 0.5) is 0 Å². The molecule has 0 aliphatic heterocycles. The number of nitrogens with one attached hydrogen (secondary N) is 1. The summed E-state index contributed by atoms with van der Waals surface area (Å²) in [6, 6.07) is 18.6. The Bertz CT molecular complexity index is 712. The molecule has 4 nitrogen and oxygen atoms in total. The van der Waals surface area contributed by atoms with E-state index in [1.54, 1.807) is 0 Å². The molecule has 146 valence electrons. The topological polar surface area (TPSA) is 58.4 Å². The third-order valence-corrected chi connectivity index (χ3v) is 5.06. The van der Waals surface area contributed by atoms with Gasteiger partial charge in [-0.25, -0.2) is 5.01 Å². The molecule has 0 aromatic heterocycles. The van der Waals surface area contributed by atoms with Crippen molar-refractivity contribution in [1.82, 2.24) is 10.4 Å². The molecule has 6 heteroatoms. The highest BCUT2D eigenvalue weighted by molar-refractivity contribution is 7.80. The minimum atomic E-state index is 0.184. The molecule has 0 aliphatic carbocycles. The average molecular weight is 404 g/mol. The molecule has 0 saturated heterocycles. The molecule has 3 unspecified atom stereocenters. The zero-order chi connectivity index (χ0) is 20.2. The number of hydrazine groups is 1. The lowest BCUT2D eigenvalue weighted by Gasteiger charge is -2.35. The second-order valence-corrected chi connectivity index (χ2v) is 7.31. The lowest BCUT2D eigenvalue weighted by Crippen LogP contribution is -2.44. The van der Waals surface area contributed by atoms with E-state index in [0.29, 0.717) is 12.5 Å². The number of nitrogens with two attached hydrogens (primary N) is 1. The van der Waals surface area contributed by atoms with Crippen molar-refractivity contribution in [3.63, 3.8) is 0 Å². The van der Waals surface area contributed by atoms with E-state index in [1.165, 1.54) is 17.8 Å². The molecular weight excluding hydrogens is 373 g/mol. The molecule has 2 rings (SSSR count). The Kier molecular flexibility index (Phi) is 11.0. The van der Waals surface area contributed by atoms with Crippen LogP contribution in [0.5, 0.6) is 0 Å². The molecule has 0 radical (unpaired) electrons. The number of carbonyl (C=O) groups is 1. The molecule has 2 aromatic carbocycles. The van der Waals surface area contributed by atoms with Crippen LogP contribution in [0.15, 0.2) is 54.6 Å². The molecule has 0 amide bonds. The fraction of sp³-hybridized carbons (Fsp3) is 0.333. The zero-order valence-electron chi connectivity index (χ0n) is 16.3. The maximum absolute atomic E-state index is 8.81. The summed E-state index contributed by atoms with van der Waals surface area (Å²) >= 11 is 5.57. The first-order valence-corrected chi connectivity index (χ1v) is 9.97. The molecule has 0 spiro atoms. The van der Waals surface area contributed by atoms with Crippen LogP contribution in [0.1, 0.15) is 37.4 Å². The molecule has 0 saturated carbocycles. The fourth-order valence-corrected chi connectivity index (χ4v) is 3.64. The molecule has 0 bridgehead atoms. The van der Waals surface area contributed by atoms with Gasteiger partial charge in [0.1, 0.15) is 11.3 Å². The summed E-state index contributed by atoms with van der Waals surface area (Å²) in [6.45, 7) is 4.35. The van der Waals surface area contributed by atoms with E-state index in [-0.39, 0.29) is 6.04 Å². The van der Waals surface area contributed by atoms with Gasteiger partial charge in [-0.15, -0.1) is 9.24 Å². The summed E-state index contributed by atoms with van der Waals surface area (Å²) in [5, 5.41) is 3.31. The third-order valence-electron chi connectivity index (χ3n) is 4.21. The van der Waals surface area contributed by atoms with Gasteiger partial charge in [0, 0.05) is 12.6 Å².